The van der Waals surface area contributed by atoms with Crippen molar-refractivity contribution in [2.24, 2.45) is 0 Å². The van der Waals surface area contributed by atoms with Crippen LogP contribution in [0.5, 0.6) is 5.75 Å². The number of carbonyl (C=O) groups excluding carboxylic acids is 1. The number of ether oxygens (including phenoxy) is 1. The predicted octanol–water partition coefficient (Wildman–Crippen LogP) is 3.11. The molecule has 0 bridgehead atoms. The van der Waals surface area contributed by atoms with E-state index in [1.54, 1.807) is 23.7 Å². The first-order valence-corrected chi connectivity index (χ1v) is 10.5. The minimum Gasteiger partial charge on any atom is -0.494 e. The average molecular weight is 428 g/mol. The maximum absolute atomic E-state index is 13.9. The van der Waals surface area contributed by atoms with Crippen molar-refractivity contribution in [2.45, 2.75) is 0 Å². The van der Waals surface area contributed by atoms with E-state index in [1.807, 2.05) is 18.2 Å². The van der Waals surface area contributed by atoms with Crippen molar-refractivity contribution >= 4 is 28.2 Å². The Morgan fingerprint density at radius 3 is 2.77 bits per heavy atom. The van der Waals surface area contributed by atoms with Gasteiger partial charge in [0.1, 0.15) is 5.82 Å². The summed E-state index contributed by atoms with van der Waals surface area (Å²) in [6.45, 7) is 3.54. The van der Waals surface area contributed by atoms with Crippen LogP contribution in [0, 0.1) is 5.82 Å². The lowest BCUT2D eigenvalue weighted by molar-refractivity contribution is -0.117. The van der Waals surface area contributed by atoms with Gasteiger partial charge in [0.25, 0.3) is 0 Å². The van der Waals surface area contributed by atoms with Crippen LogP contribution in [0.1, 0.15) is 0 Å². The largest absolute Gasteiger partial charge is 0.494 e. The zero-order chi connectivity index (χ0) is 20.9. The molecule has 1 amide bonds. The number of pyridine rings is 1. The first-order valence-electron chi connectivity index (χ1n) is 9.60. The minimum atomic E-state index is -0.446. The molecule has 156 valence electrons. The molecule has 0 radical (unpaired) electrons. The van der Waals surface area contributed by atoms with Crippen LogP contribution in [-0.2, 0) is 4.79 Å². The quantitative estimate of drug-likeness (QED) is 0.652. The molecule has 0 saturated carbocycles. The molecule has 1 fully saturated rings. The highest BCUT2D eigenvalue weighted by Gasteiger charge is 2.20. The molecule has 1 saturated heterocycles. The van der Waals surface area contributed by atoms with Crippen molar-refractivity contribution in [2.75, 3.05) is 50.1 Å². The highest BCUT2D eigenvalue weighted by atomic mass is 32.1. The van der Waals surface area contributed by atoms with Gasteiger partial charge in [-0.05, 0) is 30.3 Å². The van der Waals surface area contributed by atoms with Gasteiger partial charge in [-0.15, -0.1) is 11.3 Å². The highest BCUT2D eigenvalue weighted by Crippen LogP contribution is 2.28. The number of aromatic nitrogens is 2. The van der Waals surface area contributed by atoms with Crippen LogP contribution in [0.2, 0.25) is 0 Å². The van der Waals surface area contributed by atoms with Gasteiger partial charge in [-0.25, -0.2) is 14.4 Å². The van der Waals surface area contributed by atoms with Gasteiger partial charge in [-0.3, -0.25) is 9.69 Å². The van der Waals surface area contributed by atoms with E-state index in [1.165, 1.54) is 24.5 Å². The van der Waals surface area contributed by atoms with E-state index in [-0.39, 0.29) is 11.7 Å². The number of halogens is 1. The van der Waals surface area contributed by atoms with Crippen LogP contribution in [-0.4, -0.2) is 60.6 Å². The van der Waals surface area contributed by atoms with Crippen LogP contribution in [0.25, 0.3) is 11.3 Å². The number of hydrogen-bond donors (Lipinski definition) is 1. The number of methoxy groups -OCH3 is 1. The number of anilines is 2. The number of piperazine rings is 1. The van der Waals surface area contributed by atoms with Crippen molar-refractivity contribution in [3.05, 3.63) is 53.8 Å². The first kappa shape index (κ1) is 20.2. The first-order chi connectivity index (χ1) is 14.6. The number of nitrogens with zero attached hydrogens (tertiary/aromatic N) is 4. The second-order valence-electron chi connectivity index (χ2n) is 6.89. The van der Waals surface area contributed by atoms with E-state index in [2.05, 4.69) is 25.1 Å². The normalized spacial score (nSPS) is 14.5. The average Bonchev–Trinajstić information content (AvgIpc) is 3.23. The van der Waals surface area contributed by atoms with Crippen molar-refractivity contribution in [3.8, 4) is 17.0 Å². The van der Waals surface area contributed by atoms with Crippen molar-refractivity contribution in [1.29, 1.82) is 0 Å². The topological polar surface area (TPSA) is 70.6 Å². The molecule has 3 aromatic rings. The van der Waals surface area contributed by atoms with Crippen LogP contribution < -0.4 is 15.0 Å². The van der Waals surface area contributed by atoms with Crippen LogP contribution in [0.4, 0.5) is 15.3 Å². The second-order valence-corrected chi connectivity index (χ2v) is 7.74. The number of thiazole rings is 1. The Balaban J connectivity index is 1.29. The van der Waals surface area contributed by atoms with Crippen molar-refractivity contribution < 1.29 is 13.9 Å². The second kappa shape index (κ2) is 9.19. The summed E-state index contributed by atoms with van der Waals surface area (Å²) in [5, 5.41) is 5.13. The lowest BCUT2D eigenvalue weighted by Gasteiger charge is -2.34. The molecular formula is C21H22FN5O2S. The van der Waals surface area contributed by atoms with Gasteiger partial charge in [-0.1, -0.05) is 6.07 Å². The molecule has 0 unspecified atom stereocenters. The van der Waals surface area contributed by atoms with Crippen LogP contribution in [0.3, 0.4) is 0 Å². The third-order valence-electron chi connectivity index (χ3n) is 4.91. The molecule has 30 heavy (non-hydrogen) atoms. The molecule has 2 aromatic heterocycles. The summed E-state index contributed by atoms with van der Waals surface area (Å²) < 4.78 is 18.9. The lowest BCUT2D eigenvalue weighted by atomic mass is 10.1. The SMILES string of the molecule is COc1ccc(-c2csc(NC(=O)CN3CCN(c4ccccn4)CC3)n2)cc1F. The fourth-order valence-corrected chi connectivity index (χ4v) is 4.06. The highest BCUT2D eigenvalue weighted by molar-refractivity contribution is 7.14. The van der Waals surface area contributed by atoms with Gasteiger partial charge in [-0.2, -0.15) is 0 Å². The molecule has 3 heterocycles. The standard InChI is InChI=1S/C21H22FN5O2S/c1-29-18-6-5-15(12-16(18)22)17-14-30-21(24-17)25-20(28)13-26-8-10-27(11-9-26)19-4-2-3-7-23-19/h2-7,12,14H,8-11,13H2,1H3,(H,24,25,28). The Morgan fingerprint density at radius 2 is 2.07 bits per heavy atom. The lowest BCUT2D eigenvalue weighted by Crippen LogP contribution is -2.48. The summed E-state index contributed by atoms with van der Waals surface area (Å²) in [5.74, 6) is 0.596. The van der Waals surface area contributed by atoms with Crippen LogP contribution >= 0.6 is 11.3 Å². The van der Waals surface area contributed by atoms with Gasteiger partial charge < -0.3 is 15.0 Å². The third-order valence-corrected chi connectivity index (χ3v) is 5.67. The zero-order valence-electron chi connectivity index (χ0n) is 16.5. The van der Waals surface area contributed by atoms with Crippen LogP contribution in [0.15, 0.2) is 48.0 Å². The number of rotatable bonds is 6. The van der Waals surface area contributed by atoms with E-state index in [4.69, 9.17) is 4.74 Å². The fourth-order valence-electron chi connectivity index (χ4n) is 3.33. The van der Waals surface area contributed by atoms with E-state index in [0.29, 0.717) is 22.9 Å². The summed E-state index contributed by atoms with van der Waals surface area (Å²) in [6, 6.07) is 10.6. The number of carbonyl (C=O) groups is 1. The summed E-state index contributed by atoms with van der Waals surface area (Å²) in [7, 11) is 1.42. The van der Waals surface area contributed by atoms with Crippen molar-refractivity contribution in [1.82, 2.24) is 14.9 Å². The molecule has 7 nitrogen and oxygen atoms in total. The molecule has 4 rings (SSSR count). The van der Waals surface area contributed by atoms with Crippen molar-refractivity contribution in [3.63, 3.8) is 0 Å². The van der Waals surface area contributed by atoms with E-state index < -0.39 is 5.82 Å². The summed E-state index contributed by atoms with van der Waals surface area (Å²) >= 11 is 1.32. The Bertz CT molecular complexity index is 1010. The molecule has 1 aliphatic rings. The number of nitrogens with one attached hydrogen (secondary N) is 1. The Morgan fingerprint density at radius 1 is 1.23 bits per heavy atom. The minimum absolute atomic E-state index is 0.108. The molecule has 1 aliphatic heterocycles. The van der Waals surface area contributed by atoms with Gasteiger partial charge in [0, 0.05) is 43.3 Å². The summed E-state index contributed by atoms with van der Waals surface area (Å²) in [6.07, 6.45) is 1.79. The number of benzene rings is 1. The van der Waals surface area contributed by atoms with E-state index in [0.717, 1.165) is 32.0 Å². The Kier molecular flexibility index (Phi) is 6.20. The Labute approximate surface area is 178 Å². The molecule has 9 heteroatoms. The maximum atomic E-state index is 13.9. The van der Waals surface area contributed by atoms with E-state index in [9.17, 15) is 9.18 Å². The monoisotopic (exact) mass is 427 g/mol. The maximum Gasteiger partial charge on any atom is 0.240 e. The molecule has 0 atom stereocenters. The molecular weight excluding hydrogens is 405 g/mol. The molecule has 1 aromatic carbocycles. The van der Waals surface area contributed by atoms with Gasteiger partial charge >= 0.3 is 0 Å². The van der Waals surface area contributed by atoms with Gasteiger partial charge in [0.2, 0.25) is 5.91 Å². The molecule has 1 N–H and O–H groups in total. The number of amides is 1. The van der Waals surface area contributed by atoms with Gasteiger partial charge in [0.15, 0.2) is 16.7 Å². The smallest absolute Gasteiger partial charge is 0.240 e. The third kappa shape index (κ3) is 4.74. The fraction of sp³-hybridized carbons (Fsp3) is 0.286. The number of hydrogen-bond acceptors (Lipinski definition) is 7. The predicted molar refractivity (Wildman–Crippen MR) is 116 cm³/mol. The zero-order valence-corrected chi connectivity index (χ0v) is 17.4. The molecule has 0 aliphatic carbocycles. The Hall–Kier alpha value is -3.04. The van der Waals surface area contributed by atoms with E-state index >= 15 is 0 Å². The summed E-state index contributed by atoms with van der Waals surface area (Å²) in [4.78, 5) is 25.5. The summed E-state index contributed by atoms with van der Waals surface area (Å²) in [5.41, 5.74) is 1.25. The van der Waals surface area contributed by atoms with Gasteiger partial charge in [0.05, 0.1) is 19.3 Å². The molecule has 0 spiro atoms.